The Balaban J connectivity index is 1.94. The lowest BCUT2D eigenvalue weighted by atomic mass is 9.96. The lowest BCUT2D eigenvalue weighted by Gasteiger charge is -2.30. The summed E-state index contributed by atoms with van der Waals surface area (Å²) in [5, 5.41) is 4.50. The standard InChI is InChI=1S/C14H26N2O2S/c1-9(2)16-14(13(15)17)6-4-11(8-14)19-12-5-7-18-10(12)3/h9-12,16H,4-8H2,1-3H3,(H2,15,17). The average molecular weight is 286 g/mol. The van der Waals surface area contributed by atoms with Crippen molar-refractivity contribution < 1.29 is 9.53 Å². The molecule has 0 spiro atoms. The van der Waals surface area contributed by atoms with E-state index in [0.717, 1.165) is 32.3 Å². The molecular weight excluding hydrogens is 260 g/mol. The molecule has 19 heavy (non-hydrogen) atoms. The number of hydrogen-bond donors (Lipinski definition) is 2. The normalized spacial score (nSPS) is 39.1. The van der Waals surface area contributed by atoms with Gasteiger partial charge in [-0.15, -0.1) is 0 Å². The van der Waals surface area contributed by atoms with Crippen LogP contribution in [-0.2, 0) is 9.53 Å². The zero-order chi connectivity index (χ0) is 14.0. The van der Waals surface area contributed by atoms with E-state index in [1.165, 1.54) is 0 Å². The molecule has 1 heterocycles. The first-order valence-electron chi connectivity index (χ1n) is 7.27. The summed E-state index contributed by atoms with van der Waals surface area (Å²) in [5.41, 5.74) is 5.15. The maximum Gasteiger partial charge on any atom is 0.237 e. The maximum atomic E-state index is 11.8. The Labute approximate surface area is 120 Å². The van der Waals surface area contributed by atoms with Crippen LogP contribution >= 0.6 is 11.8 Å². The van der Waals surface area contributed by atoms with Gasteiger partial charge in [-0.05, 0) is 46.5 Å². The number of rotatable bonds is 5. The molecule has 4 atom stereocenters. The number of thioether (sulfide) groups is 1. The molecule has 2 fully saturated rings. The van der Waals surface area contributed by atoms with Crippen molar-refractivity contribution in [2.45, 2.75) is 74.6 Å². The highest BCUT2D eigenvalue weighted by molar-refractivity contribution is 8.00. The molecule has 0 bridgehead atoms. The van der Waals surface area contributed by atoms with E-state index in [0.29, 0.717) is 16.6 Å². The van der Waals surface area contributed by atoms with E-state index >= 15 is 0 Å². The van der Waals surface area contributed by atoms with Crippen LogP contribution in [0.25, 0.3) is 0 Å². The molecule has 1 saturated heterocycles. The minimum atomic E-state index is -0.492. The van der Waals surface area contributed by atoms with Crippen molar-refractivity contribution >= 4 is 17.7 Å². The third kappa shape index (κ3) is 3.44. The Morgan fingerprint density at radius 3 is 2.74 bits per heavy atom. The average Bonchev–Trinajstić information content (AvgIpc) is 2.88. The zero-order valence-corrected chi connectivity index (χ0v) is 13.0. The fourth-order valence-corrected chi connectivity index (χ4v) is 4.89. The van der Waals surface area contributed by atoms with Crippen molar-refractivity contribution in [1.29, 1.82) is 0 Å². The number of nitrogens with one attached hydrogen (secondary N) is 1. The number of hydrogen-bond acceptors (Lipinski definition) is 4. The van der Waals surface area contributed by atoms with E-state index in [2.05, 4.69) is 26.1 Å². The monoisotopic (exact) mass is 286 g/mol. The van der Waals surface area contributed by atoms with Gasteiger partial charge in [-0.2, -0.15) is 11.8 Å². The lowest BCUT2D eigenvalue weighted by Crippen LogP contribution is -2.56. The number of nitrogens with two attached hydrogens (primary N) is 1. The first-order chi connectivity index (χ1) is 8.93. The summed E-state index contributed by atoms with van der Waals surface area (Å²) in [5.74, 6) is -0.194. The van der Waals surface area contributed by atoms with E-state index in [1.807, 2.05) is 11.8 Å². The third-order valence-electron chi connectivity index (χ3n) is 4.18. The van der Waals surface area contributed by atoms with Crippen molar-refractivity contribution in [3.05, 3.63) is 0 Å². The van der Waals surface area contributed by atoms with Crippen LogP contribution in [0.5, 0.6) is 0 Å². The second kappa shape index (κ2) is 6.02. The highest BCUT2D eigenvalue weighted by Gasteiger charge is 2.45. The molecule has 0 aromatic rings. The number of amides is 1. The summed E-state index contributed by atoms with van der Waals surface area (Å²) in [6.45, 7) is 7.15. The SMILES string of the molecule is CC(C)NC1(C(N)=O)CCC(SC2CCOC2C)C1. The molecule has 2 rings (SSSR count). The second-order valence-electron chi connectivity index (χ2n) is 6.15. The molecule has 1 aliphatic carbocycles. The number of ether oxygens (including phenoxy) is 1. The molecule has 4 nitrogen and oxygen atoms in total. The predicted octanol–water partition coefficient (Wildman–Crippen LogP) is 1.67. The van der Waals surface area contributed by atoms with Crippen molar-refractivity contribution in [2.75, 3.05) is 6.61 Å². The molecule has 110 valence electrons. The smallest absolute Gasteiger partial charge is 0.237 e. The van der Waals surface area contributed by atoms with Crippen molar-refractivity contribution in [3.63, 3.8) is 0 Å². The van der Waals surface area contributed by atoms with Gasteiger partial charge in [0.1, 0.15) is 0 Å². The molecule has 4 unspecified atom stereocenters. The van der Waals surface area contributed by atoms with Crippen LogP contribution in [0.3, 0.4) is 0 Å². The van der Waals surface area contributed by atoms with Gasteiger partial charge in [0.05, 0.1) is 11.6 Å². The summed E-state index contributed by atoms with van der Waals surface area (Å²) in [4.78, 5) is 11.8. The van der Waals surface area contributed by atoms with Gasteiger partial charge >= 0.3 is 0 Å². The number of carbonyl (C=O) groups excluding carboxylic acids is 1. The fraction of sp³-hybridized carbons (Fsp3) is 0.929. The fourth-order valence-electron chi connectivity index (χ4n) is 3.23. The van der Waals surface area contributed by atoms with Gasteiger partial charge in [0, 0.05) is 23.1 Å². The first-order valence-corrected chi connectivity index (χ1v) is 8.22. The topological polar surface area (TPSA) is 64.3 Å². The van der Waals surface area contributed by atoms with Crippen molar-refractivity contribution in [3.8, 4) is 0 Å². The van der Waals surface area contributed by atoms with Gasteiger partial charge in [0.25, 0.3) is 0 Å². The quantitative estimate of drug-likeness (QED) is 0.807. The van der Waals surface area contributed by atoms with E-state index in [4.69, 9.17) is 10.5 Å². The van der Waals surface area contributed by atoms with Crippen molar-refractivity contribution in [2.24, 2.45) is 5.73 Å². The number of carbonyl (C=O) groups is 1. The molecular formula is C14H26N2O2S. The Hall–Kier alpha value is -0.260. The second-order valence-corrected chi connectivity index (χ2v) is 7.69. The predicted molar refractivity (Wildman–Crippen MR) is 79.2 cm³/mol. The largest absolute Gasteiger partial charge is 0.377 e. The molecule has 0 aromatic carbocycles. The molecule has 1 aliphatic heterocycles. The molecule has 1 amide bonds. The molecule has 0 aromatic heterocycles. The zero-order valence-electron chi connectivity index (χ0n) is 12.1. The van der Waals surface area contributed by atoms with Gasteiger partial charge in [-0.1, -0.05) is 0 Å². The summed E-state index contributed by atoms with van der Waals surface area (Å²) in [6.07, 6.45) is 4.25. The maximum absolute atomic E-state index is 11.8. The minimum Gasteiger partial charge on any atom is -0.377 e. The van der Waals surface area contributed by atoms with Crippen LogP contribution in [0.1, 0.15) is 46.5 Å². The summed E-state index contributed by atoms with van der Waals surface area (Å²) in [6, 6.07) is 0.282. The van der Waals surface area contributed by atoms with Crippen LogP contribution in [0.4, 0.5) is 0 Å². The van der Waals surface area contributed by atoms with Crippen LogP contribution in [-0.4, -0.2) is 40.7 Å². The van der Waals surface area contributed by atoms with E-state index in [1.54, 1.807) is 0 Å². The van der Waals surface area contributed by atoms with Crippen LogP contribution in [0.2, 0.25) is 0 Å². The summed E-state index contributed by atoms with van der Waals surface area (Å²) < 4.78 is 5.61. The molecule has 2 aliphatic rings. The Kier molecular flexibility index (Phi) is 4.79. The van der Waals surface area contributed by atoms with Gasteiger partial charge in [-0.3, -0.25) is 4.79 Å². The Morgan fingerprint density at radius 1 is 1.47 bits per heavy atom. The third-order valence-corrected chi connectivity index (χ3v) is 5.94. The Bertz CT molecular complexity index is 337. The van der Waals surface area contributed by atoms with E-state index in [-0.39, 0.29) is 11.9 Å². The summed E-state index contributed by atoms with van der Waals surface area (Å²) in [7, 11) is 0. The molecule has 3 N–H and O–H groups in total. The van der Waals surface area contributed by atoms with Gasteiger partial charge < -0.3 is 15.8 Å². The molecule has 1 saturated carbocycles. The van der Waals surface area contributed by atoms with Crippen LogP contribution < -0.4 is 11.1 Å². The van der Waals surface area contributed by atoms with Crippen LogP contribution in [0, 0.1) is 0 Å². The first kappa shape index (κ1) is 15.1. The lowest BCUT2D eigenvalue weighted by molar-refractivity contribution is -0.124. The van der Waals surface area contributed by atoms with E-state index < -0.39 is 5.54 Å². The minimum absolute atomic E-state index is 0.194. The number of primary amides is 1. The summed E-state index contributed by atoms with van der Waals surface area (Å²) >= 11 is 2.00. The van der Waals surface area contributed by atoms with Gasteiger partial charge in [0.2, 0.25) is 5.91 Å². The molecule has 5 heteroatoms. The Morgan fingerprint density at radius 2 is 2.21 bits per heavy atom. The van der Waals surface area contributed by atoms with Crippen molar-refractivity contribution in [1.82, 2.24) is 5.32 Å². The highest BCUT2D eigenvalue weighted by atomic mass is 32.2. The van der Waals surface area contributed by atoms with Gasteiger partial charge in [-0.25, -0.2) is 0 Å². The van der Waals surface area contributed by atoms with Crippen LogP contribution in [0.15, 0.2) is 0 Å². The molecule has 0 radical (unpaired) electrons. The highest BCUT2D eigenvalue weighted by Crippen LogP contribution is 2.41. The van der Waals surface area contributed by atoms with Gasteiger partial charge in [0.15, 0.2) is 0 Å². The van der Waals surface area contributed by atoms with E-state index in [9.17, 15) is 4.79 Å².